The fraction of sp³-hybridized carbons (Fsp3) is 0.500. The van der Waals surface area contributed by atoms with Gasteiger partial charge in [-0.3, -0.25) is 4.79 Å². The Morgan fingerprint density at radius 3 is 2.75 bits per heavy atom. The number of fused-ring (bicyclic) bond motifs is 1. The average Bonchev–Trinajstić information content (AvgIpc) is 2.86. The van der Waals surface area contributed by atoms with Crippen LogP contribution in [0.15, 0.2) is 28.1 Å². The van der Waals surface area contributed by atoms with Crippen molar-refractivity contribution >= 4 is 37.3 Å². The number of carbonyl (C=O) groups excluding carboxylic acids is 1. The zero-order chi connectivity index (χ0) is 17.7. The average molecular weight is 370 g/mol. The maximum atomic E-state index is 12.0. The topological polar surface area (TPSA) is 77.7 Å². The van der Waals surface area contributed by atoms with Gasteiger partial charge >= 0.3 is 0 Å². The fourth-order valence-electron chi connectivity index (χ4n) is 2.26. The van der Waals surface area contributed by atoms with Crippen LogP contribution in [0.1, 0.15) is 26.2 Å². The van der Waals surface area contributed by atoms with E-state index in [4.69, 9.17) is 4.74 Å². The summed E-state index contributed by atoms with van der Waals surface area (Å²) in [7, 11) is -1.66. The van der Waals surface area contributed by atoms with Gasteiger partial charge in [-0.25, -0.2) is 8.42 Å². The first-order chi connectivity index (χ1) is 11.4. The molecule has 0 aliphatic rings. The monoisotopic (exact) mass is 370 g/mol. The van der Waals surface area contributed by atoms with Gasteiger partial charge in [0.05, 0.1) is 21.7 Å². The Labute approximate surface area is 145 Å². The van der Waals surface area contributed by atoms with Crippen LogP contribution in [0.5, 0.6) is 0 Å². The first-order valence-corrected chi connectivity index (χ1v) is 10.5. The van der Waals surface area contributed by atoms with Crippen LogP contribution in [0.3, 0.4) is 0 Å². The van der Waals surface area contributed by atoms with Crippen LogP contribution in [0, 0.1) is 0 Å². The molecular weight excluding hydrogens is 348 g/mol. The first-order valence-electron chi connectivity index (χ1n) is 7.76. The zero-order valence-corrected chi connectivity index (χ0v) is 15.7. The summed E-state index contributed by atoms with van der Waals surface area (Å²) in [6, 6.07) is 4.97. The van der Waals surface area contributed by atoms with Gasteiger partial charge in [-0.1, -0.05) is 24.7 Å². The Hall–Kier alpha value is -1.51. The van der Waals surface area contributed by atoms with Crippen molar-refractivity contribution in [1.82, 2.24) is 4.57 Å². The summed E-state index contributed by atoms with van der Waals surface area (Å²) in [6.07, 6.45) is 3.35. The van der Waals surface area contributed by atoms with Crippen molar-refractivity contribution in [3.05, 3.63) is 23.0 Å². The molecule has 0 bridgehead atoms. The Bertz CT molecular complexity index is 894. The third kappa shape index (κ3) is 4.52. The van der Waals surface area contributed by atoms with Crippen LogP contribution in [0.25, 0.3) is 10.2 Å². The molecule has 0 aliphatic heterocycles. The van der Waals surface area contributed by atoms with Crippen molar-refractivity contribution in [2.75, 3.05) is 20.0 Å². The van der Waals surface area contributed by atoms with Gasteiger partial charge in [0.25, 0.3) is 0 Å². The summed E-state index contributed by atoms with van der Waals surface area (Å²) >= 11 is 1.32. The molecule has 1 amide bonds. The van der Waals surface area contributed by atoms with Gasteiger partial charge in [0.15, 0.2) is 14.6 Å². The van der Waals surface area contributed by atoms with E-state index in [0.717, 1.165) is 23.1 Å². The van der Waals surface area contributed by atoms with Gasteiger partial charge in [0.1, 0.15) is 0 Å². The SMILES string of the molecule is CCCCC(=O)N=c1sc2cc(S(C)(=O)=O)ccc2n1CCOC. The fourth-order valence-corrected chi connectivity index (χ4v) is 4.09. The van der Waals surface area contributed by atoms with Gasteiger partial charge in [-0.2, -0.15) is 4.99 Å². The number of methoxy groups -OCH3 is 1. The van der Waals surface area contributed by atoms with Crippen molar-refractivity contribution in [2.24, 2.45) is 4.99 Å². The number of rotatable bonds is 7. The molecule has 0 saturated carbocycles. The lowest BCUT2D eigenvalue weighted by Crippen LogP contribution is -2.19. The highest BCUT2D eigenvalue weighted by Gasteiger charge is 2.12. The number of carbonyl (C=O) groups is 1. The summed E-state index contributed by atoms with van der Waals surface area (Å²) in [4.78, 5) is 17.1. The molecule has 8 heteroatoms. The minimum Gasteiger partial charge on any atom is -0.383 e. The molecule has 6 nitrogen and oxygen atoms in total. The van der Waals surface area contributed by atoms with E-state index in [2.05, 4.69) is 4.99 Å². The van der Waals surface area contributed by atoms with Crippen molar-refractivity contribution in [3.8, 4) is 0 Å². The largest absolute Gasteiger partial charge is 0.383 e. The highest BCUT2D eigenvalue weighted by Crippen LogP contribution is 2.22. The lowest BCUT2D eigenvalue weighted by Gasteiger charge is -2.05. The van der Waals surface area contributed by atoms with E-state index in [0.29, 0.717) is 24.4 Å². The molecule has 0 aliphatic carbocycles. The smallest absolute Gasteiger partial charge is 0.248 e. The standard InChI is InChI=1S/C16H22N2O4S2/c1-4-5-6-15(19)17-16-18(9-10-22-2)13-8-7-12(24(3,20)21)11-14(13)23-16/h7-8,11H,4-6,9-10H2,1-3H3. The van der Waals surface area contributed by atoms with Gasteiger partial charge in [-0.05, 0) is 24.6 Å². The van der Waals surface area contributed by atoms with Crippen molar-refractivity contribution in [2.45, 2.75) is 37.6 Å². The number of benzene rings is 1. The summed E-state index contributed by atoms with van der Waals surface area (Å²) in [6.45, 7) is 3.06. The molecule has 0 spiro atoms. The molecule has 1 aromatic heterocycles. The number of thiazole rings is 1. The second-order valence-electron chi connectivity index (χ2n) is 5.54. The second kappa shape index (κ2) is 8.04. The Morgan fingerprint density at radius 1 is 1.38 bits per heavy atom. The molecule has 0 radical (unpaired) electrons. The van der Waals surface area contributed by atoms with Crippen molar-refractivity contribution in [1.29, 1.82) is 0 Å². The normalized spacial score (nSPS) is 12.9. The Kier molecular flexibility index (Phi) is 6.31. The molecule has 1 aromatic carbocycles. The van der Waals surface area contributed by atoms with E-state index < -0.39 is 9.84 Å². The van der Waals surface area contributed by atoms with E-state index in [1.54, 1.807) is 25.3 Å². The maximum Gasteiger partial charge on any atom is 0.248 e. The van der Waals surface area contributed by atoms with E-state index in [9.17, 15) is 13.2 Å². The predicted octanol–water partition coefficient (Wildman–Crippen LogP) is 2.37. The molecule has 0 atom stereocenters. The summed E-state index contributed by atoms with van der Waals surface area (Å²) < 4.78 is 31.3. The van der Waals surface area contributed by atoms with Gasteiger partial charge in [-0.15, -0.1) is 0 Å². The summed E-state index contributed by atoms with van der Waals surface area (Å²) in [5.41, 5.74) is 0.853. The highest BCUT2D eigenvalue weighted by molar-refractivity contribution is 7.90. The Morgan fingerprint density at radius 2 is 2.12 bits per heavy atom. The van der Waals surface area contributed by atoms with Gasteiger partial charge in [0, 0.05) is 26.3 Å². The quantitative estimate of drug-likeness (QED) is 0.750. The van der Waals surface area contributed by atoms with E-state index in [1.165, 1.54) is 17.6 Å². The highest BCUT2D eigenvalue weighted by atomic mass is 32.2. The van der Waals surface area contributed by atoms with E-state index in [-0.39, 0.29) is 10.8 Å². The first kappa shape index (κ1) is 18.8. The zero-order valence-electron chi connectivity index (χ0n) is 14.1. The van der Waals surface area contributed by atoms with Crippen LogP contribution >= 0.6 is 11.3 Å². The van der Waals surface area contributed by atoms with E-state index >= 15 is 0 Å². The Balaban J connectivity index is 2.55. The summed E-state index contributed by atoms with van der Waals surface area (Å²) in [5, 5.41) is 0. The lowest BCUT2D eigenvalue weighted by molar-refractivity contribution is -0.118. The second-order valence-corrected chi connectivity index (χ2v) is 8.56. The lowest BCUT2D eigenvalue weighted by atomic mass is 10.2. The number of nitrogens with zero attached hydrogens (tertiary/aromatic N) is 2. The molecule has 0 saturated heterocycles. The van der Waals surface area contributed by atoms with Gasteiger partial charge in [0.2, 0.25) is 5.91 Å². The third-order valence-electron chi connectivity index (χ3n) is 3.57. The molecule has 1 heterocycles. The molecular formula is C16H22N2O4S2. The molecule has 24 heavy (non-hydrogen) atoms. The molecule has 0 fully saturated rings. The molecule has 2 aromatic rings. The van der Waals surface area contributed by atoms with Gasteiger partial charge < -0.3 is 9.30 Å². The van der Waals surface area contributed by atoms with Crippen molar-refractivity contribution < 1.29 is 17.9 Å². The van der Waals surface area contributed by atoms with Crippen LogP contribution < -0.4 is 4.80 Å². The predicted molar refractivity (Wildman–Crippen MR) is 94.9 cm³/mol. The molecule has 0 unspecified atom stereocenters. The minimum absolute atomic E-state index is 0.155. The molecule has 2 rings (SSSR count). The number of hydrogen-bond acceptors (Lipinski definition) is 5. The number of ether oxygens (including phenoxy) is 1. The van der Waals surface area contributed by atoms with Crippen LogP contribution in [-0.4, -0.2) is 38.9 Å². The maximum absolute atomic E-state index is 12.0. The van der Waals surface area contributed by atoms with Crippen LogP contribution in [-0.2, 0) is 25.9 Å². The number of aromatic nitrogens is 1. The summed E-state index contributed by atoms with van der Waals surface area (Å²) in [5.74, 6) is -0.155. The van der Waals surface area contributed by atoms with Crippen molar-refractivity contribution in [3.63, 3.8) is 0 Å². The van der Waals surface area contributed by atoms with E-state index in [1.807, 2.05) is 11.5 Å². The minimum atomic E-state index is -3.27. The third-order valence-corrected chi connectivity index (χ3v) is 5.72. The molecule has 132 valence electrons. The number of sulfone groups is 1. The number of unbranched alkanes of at least 4 members (excludes halogenated alkanes) is 1. The molecule has 0 N–H and O–H groups in total. The van der Waals surface area contributed by atoms with Crippen LogP contribution in [0.4, 0.5) is 0 Å². The number of hydrogen-bond donors (Lipinski definition) is 0. The number of amides is 1. The van der Waals surface area contributed by atoms with Crippen LogP contribution in [0.2, 0.25) is 0 Å².